The summed E-state index contributed by atoms with van der Waals surface area (Å²) in [5.41, 5.74) is 3.00. The number of likely N-dealkylation sites (tertiary alicyclic amines) is 1. The Morgan fingerprint density at radius 2 is 2.23 bits per heavy atom. The number of oxazole rings is 1. The molecule has 3 aromatic rings. The predicted octanol–water partition coefficient (Wildman–Crippen LogP) is 4.15. The third-order valence-electron chi connectivity index (χ3n) is 4.63. The molecule has 1 unspecified atom stereocenters. The second-order valence-electron chi connectivity index (χ2n) is 6.36. The Kier molecular flexibility index (Phi) is 4.55. The van der Waals surface area contributed by atoms with Gasteiger partial charge in [-0.25, -0.2) is 14.4 Å². The summed E-state index contributed by atoms with van der Waals surface area (Å²) in [4.78, 5) is 23.8. The van der Waals surface area contributed by atoms with Crippen LogP contribution in [0.25, 0.3) is 0 Å². The molecule has 1 saturated heterocycles. The molecular weight excluding hydrogens is 353 g/mol. The fraction of sp³-hybridized carbons (Fsp3) is 0.316. The normalized spacial score (nSPS) is 17.0. The van der Waals surface area contributed by atoms with E-state index in [1.807, 2.05) is 6.92 Å². The highest BCUT2D eigenvalue weighted by atomic mass is 32.1. The summed E-state index contributed by atoms with van der Waals surface area (Å²) >= 11 is 1.36. The number of thiazole rings is 1. The monoisotopic (exact) mass is 371 g/mol. The molecule has 0 spiro atoms. The van der Waals surface area contributed by atoms with Crippen LogP contribution in [0.4, 0.5) is 4.39 Å². The van der Waals surface area contributed by atoms with Gasteiger partial charge in [-0.15, -0.1) is 11.3 Å². The Morgan fingerprint density at radius 1 is 1.38 bits per heavy atom. The standard InChI is InChI=1S/C19H18FN3O2S/c1-12-17(26-11-22-12)19(24)23-8-4-7-16(23)18-21-10-14(25-18)9-13-5-2-3-6-15(13)20/h2-3,5-6,10-11,16H,4,7-9H2,1H3. The van der Waals surface area contributed by atoms with E-state index in [0.29, 0.717) is 35.1 Å². The Hall–Kier alpha value is -2.54. The number of aryl methyl sites for hydroxylation is 1. The maximum atomic E-state index is 13.8. The van der Waals surface area contributed by atoms with E-state index in [9.17, 15) is 9.18 Å². The predicted molar refractivity (Wildman–Crippen MR) is 95.6 cm³/mol. The van der Waals surface area contributed by atoms with E-state index in [2.05, 4.69) is 9.97 Å². The number of amides is 1. The number of rotatable bonds is 4. The van der Waals surface area contributed by atoms with Crippen molar-refractivity contribution in [2.24, 2.45) is 0 Å². The number of halogens is 1. The number of aromatic nitrogens is 2. The summed E-state index contributed by atoms with van der Waals surface area (Å²) in [7, 11) is 0. The third kappa shape index (κ3) is 3.14. The zero-order valence-corrected chi connectivity index (χ0v) is 15.1. The van der Waals surface area contributed by atoms with Crippen LogP contribution in [-0.4, -0.2) is 27.3 Å². The molecule has 1 aliphatic rings. The molecule has 1 amide bonds. The van der Waals surface area contributed by atoms with E-state index in [1.54, 1.807) is 34.8 Å². The third-order valence-corrected chi connectivity index (χ3v) is 5.55. The van der Waals surface area contributed by atoms with Gasteiger partial charge in [-0.1, -0.05) is 18.2 Å². The smallest absolute Gasteiger partial charge is 0.266 e. The largest absolute Gasteiger partial charge is 0.443 e. The minimum absolute atomic E-state index is 0.0265. The molecule has 26 heavy (non-hydrogen) atoms. The Labute approximate surface area is 154 Å². The molecule has 5 nitrogen and oxygen atoms in total. The quantitative estimate of drug-likeness (QED) is 0.691. The lowest BCUT2D eigenvalue weighted by atomic mass is 10.1. The molecule has 1 aromatic carbocycles. The number of hydrogen-bond donors (Lipinski definition) is 0. The summed E-state index contributed by atoms with van der Waals surface area (Å²) < 4.78 is 19.7. The lowest BCUT2D eigenvalue weighted by Crippen LogP contribution is -2.30. The van der Waals surface area contributed by atoms with Crippen LogP contribution in [0.2, 0.25) is 0 Å². The van der Waals surface area contributed by atoms with Crippen molar-refractivity contribution >= 4 is 17.2 Å². The molecular formula is C19H18FN3O2S. The Morgan fingerprint density at radius 3 is 3.00 bits per heavy atom. The molecule has 0 aliphatic carbocycles. The average molecular weight is 371 g/mol. The molecule has 1 atom stereocenters. The Bertz CT molecular complexity index is 936. The van der Waals surface area contributed by atoms with Gasteiger partial charge in [0, 0.05) is 13.0 Å². The van der Waals surface area contributed by atoms with Gasteiger partial charge >= 0.3 is 0 Å². The average Bonchev–Trinajstić information content (AvgIpc) is 3.36. The molecule has 0 bridgehead atoms. The fourth-order valence-corrected chi connectivity index (χ4v) is 4.05. The molecule has 0 saturated carbocycles. The first-order valence-electron chi connectivity index (χ1n) is 8.52. The number of hydrogen-bond acceptors (Lipinski definition) is 5. The van der Waals surface area contributed by atoms with Crippen molar-refractivity contribution in [3.8, 4) is 0 Å². The van der Waals surface area contributed by atoms with Gasteiger partial charge in [-0.05, 0) is 31.4 Å². The minimum Gasteiger partial charge on any atom is -0.443 e. The van der Waals surface area contributed by atoms with E-state index >= 15 is 0 Å². The molecule has 1 fully saturated rings. The van der Waals surface area contributed by atoms with Crippen molar-refractivity contribution in [3.05, 3.63) is 69.6 Å². The summed E-state index contributed by atoms with van der Waals surface area (Å²) in [5, 5.41) is 0. The maximum Gasteiger partial charge on any atom is 0.266 e. The lowest BCUT2D eigenvalue weighted by Gasteiger charge is -2.21. The van der Waals surface area contributed by atoms with Gasteiger partial charge in [-0.2, -0.15) is 0 Å². The van der Waals surface area contributed by atoms with E-state index in [1.165, 1.54) is 17.4 Å². The van der Waals surface area contributed by atoms with Crippen molar-refractivity contribution in [3.63, 3.8) is 0 Å². The SMILES string of the molecule is Cc1ncsc1C(=O)N1CCCC1c1ncc(Cc2ccccc2F)o1. The number of nitrogens with zero attached hydrogens (tertiary/aromatic N) is 3. The van der Waals surface area contributed by atoms with E-state index in [4.69, 9.17) is 4.42 Å². The first-order valence-corrected chi connectivity index (χ1v) is 9.40. The molecule has 134 valence electrons. The van der Waals surface area contributed by atoms with Gasteiger partial charge < -0.3 is 9.32 Å². The molecule has 3 heterocycles. The van der Waals surface area contributed by atoms with Crippen molar-refractivity contribution in [2.75, 3.05) is 6.54 Å². The molecule has 0 N–H and O–H groups in total. The van der Waals surface area contributed by atoms with Gasteiger partial charge in [0.1, 0.15) is 22.5 Å². The van der Waals surface area contributed by atoms with Crippen LogP contribution in [0.15, 0.2) is 40.4 Å². The summed E-state index contributed by atoms with van der Waals surface area (Å²) in [5.74, 6) is 0.827. The van der Waals surface area contributed by atoms with Crippen molar-refractivity contribution in [1.29, 1.82) is 0 Å². The summed E-state index contributed by atoms with van der Waals surface area (Å²) in [6.07, 6.45) is 3.68. The van der Waals surface area contributed by atoms with Gasteiger partial charge in [0.15, 0.2) is 0 Å². The number of carbonyl (C=O) groups excluding carboxylic acids is 1. The van der Waals surface area contributed by atoms with E-state index < -0.39 is 0 Å². The lowest BCUT2D eigenvalue weighted by molar-refractivity contribution is 0.0718. The number of benzene rings is 1. The van der Waals surface area contributed by atoms with Crippen LogP contribution in [0.1, 0.15) is 51.5 Å². The van der Waals surface area contributed by atoms with E-state index in [0.717, 1.165) is 18.5 Å². The highest BCUT2D eigenvalue weighted by Gasteiger charge is 2.35. The van der Waals surface area contributed by atoms with Gasteiger partial charge in [0.05, 0.1) is 17.4 Å². The van der Waals surface area contributed by atoms with Gasteiger partial charge in [0.2, 0.25) is 5.89 Å². The van der Waals surface area contributed by atoms with Crippen LogP contribution in [0.3, 0.4) is 0 Å². The van der Waals surface area contributed by atoms with Crippen LogP contribution in [-0.2, 0) is 6.42 Å². The van der Waals surface area contributed by atoms with Crippen LogP contribution >= 0.6 is 11.3 Å². The first kappa shape index (κ1) is 16.9. The fourth-order valence-electron chi connectivity index (χ4n) is 3.29. The molecule has 7 heteroatoms. The Balaban J connectivity index is 1.54. The maximum absolute atomic E-state index is 13.8. The highest BCUT2D eigenvalue weighted by Crippen LogP contribution is 2.34. The van der Waals surface area contributed by atoms with Gasteiger partial charge in [-0.3, -0.25) is 4.79 Å². The minimum atomic E-state index is -0.260. The second-order valence-corrected chi connectivity index (χ2v) is 7.21. The molecule has 2 aromatic heterocycles. The topological polar surface area (TPSA) is 59.2 Å². The number of carbonyl (C=O) groups is 1. The van der Waals surface area contributed by atoms with Crippen LogP contribution < -0.4 is 0 Å². The zero-order chi connectivity index (χ0) is 18.1. The summed E-state index contributed by atoms with van der Waals surface area (Å²) in [6.45, 7) is 2.51. The van der Waals surface area contributed by atoms with E-state index in [-0.39, 0.29) is 17.8 Å². The van der Waals surface area contributed by atoms with Crippen molar-refractivity contribution in [2.45, 2.75) is 32.2 Å². The molecule has 1 aliphatic heterocycles. The molecule has 0 radical (unpaired) electrons. The summed E-state index contributed by atoms with van der Waals surface area (Å²) in [6, 6.07) is 6.44. The first-order chi connectivity index (χ1) is 12.6. The molecule has 4 rings (SSSR count). The van der Waals surface area contributed by atoms with Gasteiger partial charge in [0.25, 0.3) is 5.91 Å². The van der Waals surface area contributed by atoms with Crippen molar-refractivity contribution in [1.82, 2.24) is 14.9 Å². The van der Waals surface area contributed by atoms with Crippen LogP contribution in [0.5, 0.6) is 0 Å². The van der Waals surface area contributed by atoms with Crippen LogP contribution in [0, 0.1) is 12.7 Å². The van der Waals surface area contributed by atoms with Crippen molar-refractivity contribution < 1.29 is 13.6 Å². The highest BCUT2D eigenvalue weighted by molar-refractivity contribution is 7.11. The second kappa shape index (κ2) is 6.99. The zero-order valence-electron chi connectivity index (χ0n) is 14.3.